The number of rotatable bonds is 4. The van der Waals surface area contributed by atoms with Gasteiger partial charge in [0.05, 0.1) is 0 Å². The lowest BCUT2D eigenvalue weighted by molar-refractivity contribution is 0.137. The largest absolute Gasteiger partial charge is 0.443 e. The van der Waals surface area contributed by atoms with Crippen LogP contribution in [0.1, 0.15) is 62.2 Å². The Labute approximate surface area is 215 Å². The minimum absolute atomic E-state index is 0. The number of ether oxygens (including phenoxy) is 1. The van der Waals surface area contributed by atoms with Crippen molar-refractivity contribution in [3.05, 3.63) is 65.5 Å². The first kappa shape index (κ1) is 26.3. The van der Waals surface area contributed by atoms with Crippen LogP contribution in [0.5, 0.6) is 0 Å². The van der Waals surface area contributed by atoms with Crippen molar-refractivity contribution in [2.75, 3.05) is 13.1 Å². The van der Waals surface area contributed by atoms with Crippen LogP contribution in [-0.4, -0.2) is 58.2 Å². The lowest BCUT2D eigenvalue weighted by atomic mass is 9.83. The number of pyridine rings is 1. The van der Waals surface area contributed by atoms with Crippen LogP contribution in [0.3, 0.4) is 0 Å². The predicted molar refractivity (Wildman–Crippen MR) is 132 cm³/mol. The van der Waals surface area contributed by atoms with Gasteiger partial charge in [0.2, 0.25) is 0 Å². The van der Waals surface area contributed by atoms with E-state index in [0.29, 0.717) is 17.5 Å². The predicted octanol–water partition coefficient (Wildman–Crippen LogP) is 5.17. The maximum Gasteiger partial charge on any atom is 0.419 e. The number of carbonyl (C=O) groups excluding carboxylic acids is 2. The third-order valence-corrected chi connectivity index (χ3v) is 7.58. The number of benzene rings is 1. The molecular weight excluding hydrogens is 490 g/mol. The standard InChI is InChI=1S/C26H30F2N4O3.ClH/c1-16-24(18-7-10-21(27)22(28)14-18)32(26(34)35-16)25(33)30-19-11-13-31(15-19)20-8-5-17(6-9-20)23-4-2-3-12-29-23;/h2-4,7,10,12,14,16-17,19-20,24H,5-6,8-9,11,13,15H2,1H3,(H,30,33);1H/t16-,17?,19+,20?,24+;/m0./s1. The molecule has 1 saturated carbocycles. The number of hydrogen-bond acceptors (Lipinski definition) is 5. The van der Waals surface area contributed by atoms with E-state index in [1.807, 2.05) is 18.3 Å². The second kappa shape index (κ2) is 11.1. The number of nitrogens with zero attached hydrogens (tertiary/aromatic N) is 3. The van der Waals surface area contributed by atoms with Gasteiger partial charge in [-0.3, -0.25) is 9.88 Å². The van der Waals surface area contributed by atoms with Gasteiger partial charge in [-0.25, -0.2) is 23.3 Å². The fraction of sp³-hybridized carbons (Fsp3) is 0.500. The van der Waals surface area contributed by atoms with E-state index in [2.05, 4.69) is 21.3 Å². The van der Waals surface area contributed by atoms with Gasteiger partial charge < -0.3 is 10.1 Å². The van der Waals surface area contributed by atoms with Gasteiger partial charge in [-0.05, 0) is 68.9 Å². The van der Waals surface area contributed by atoms with Crippen molar-refractivity contribution in [2.45, 2.75) is 69.2 Å². The molecule has 1 aromatic heterocycles. The first-order valence-electron chi connectivity index (χ1n) is 12.3. The number of nitrogens with one attached hydrogen (secondary N) is 1. The highest BCUT2D eigenvalue weighted by atomic mass is 35.5. The molecule has 10 heteroatoms. The number of carbonyl (C=O) groups is 2. The van der Waals surface area contributed by atoms with Crippen LogP contribution in [0.25, 0.3) is 0 Å². The number of urea groups is 1. The molecule has 7 nitrogen and oxygen atoms in total. The van der Waals surface area contributed by atoms with Crippen LogP contribution in [0, 0.1) is 11.6 Å². The SMILES string of the molecule is C[C@@H]1OC(=O)N(C(=O)N[C@@H]2CCN(C3CCC(c4ccccn4)CC3)C2)[C@H]1c1ccc(F)c(F)c1.Cl. The summed E-state index contributed by atoms with van der Waals surface area (Å²) in [6, 6.07) is 8.45. The van der Waals surface area contributed by atoms with Crippen LogP contribution in [0.4, 0.5) is 18.4 Å². The van der Waals surface area contributed by atoms with Crippen molar-refractivity contribution in [3.8, 4) is 0 Å². The molecule has 36 heavy (non-hydrogen) atoms. The molecule has 3 amide bonds. The van der Waals surface area contributed by atoms with E-state index in [-0.39, 0.29) is 18.4 Å². The zero-order valence-electron chi connectivity index (χ0n) is 20.1. The number of likely N-dealkylation sites (tertiary alicyclic amines) is 1. The monoisotopic (exact) mass is 520 g/mol. The highest BCUT2D eigenvalue weighted by Crippen LogP contribution is 2.36. The van der Waals surface area contributed by atoms with Gasteiger partial charge in [0.25, 0.3) is 0 Å². The fourth-order valence-electron chi connectivity index (χ4n) is 5.76. The molecule has 1 aliphatic carbocycles. The van der Waals surface area contributed by atoms with Crippen molar-refractivity contribution in [3.63, 3.8) is 0 Å². The Kier molecular flexibility index (Phi) is 8.10. The molecule has 0 unspecified atom stereocenters. The number of amides is 3. The average Bonchev–Trinajstić information content (AvgIpc) is 3.44. The van der Waals surface area contributed by atoms with Gasteiger partial charge in [-0.15, -0.1) is 12.4 Å². The minimum Gasteiger partial charge on any atom is -0.443 e. The van der Waals surface area contributed by atoms with Gasteiger partial charge in [0, 0.05) is 43.0 Å². The van der Waals surface area contributed by atoms with Crippen LogP contribution in [-0.2, 0) is 4.74 Å². The Balaban J connectivity index is 0.00000304. The van der Waals surface area contributed by atoms with Crippen LogP contribution < -0.4 is 5.32 Å². The first-order chi connectivity index (χ1) is 16.9. The zero-order chi connectivity index (χ0) is 24.5. The number of hydrogen-bond donors (Lipinski definition) is 1. The van der Waals surface area contributed by atoms with E-state index in [0.717, 1.165) is 62.2 Å². The molecule has 1 aromatic carbocycles. The summed E-state index contributed by atoms with van der Waals surface area (Å²) in [6.45, 7) is 3.24. The van der Waals surface area contributed by atoms with E-state index < -0.39 is 35.9 Å². The van der Waals surface area contributed by atoms with Gasteiger partial charge in [-0.2, -0.15) is 0 Å². The number of imide groups is 1. The zero-order valence-corrected chi connectivity index (χ0v) is 20.9. The summed E-state index contributed by atoms with van der Waals surface area (Å²) in [5, 5.41) is 2.97. The molecule has 3 fully saturated rings. The maximum atomic E-state index is 13.8. The lowest BCUT2D eigenvalue weighted by Crippen LogP contribution is -2.48. The minimum atomic E-state index is -1.03. The fourth-order valence-corrected chi connectivity index (χ4v) is 5.76. The Morgan fingerprint density at radius 2 is 1.86 bits per heavy atom. The molecule has 3 aliphatic rings. The van der Waals surface area contributed by atoms with Crippen molar-refractivity contribution < 1.29 is 23.1 Å². The maximum absolute atomic E-state index is 13.8. The molecule has 0 spiro atoms. The molecule has 2 saturated heterocycles. The van der Waals surface area contributed by atoms with Crippen LogP contribution >= 0.6 is 12.4 Å². The summed E-state index contributed by atoms with van der Waals surface area (Å²) in [7, 11) is 0. The van der Waals surface area contributed by atoms with E-state index >= 15 is 0 Å². The molecule has 3 heterocycles. The molecule has 3 atom stereocenters. The van der Waals surface area contributed by atoms with Gasteiger partial charge in [0.15, 0.2) is 11.6 Å². The summed E-state index contributed by atoms with van der Waals surface area (Å²) >= 11 is 0. The Morgan fingerprint density at radius 3 is 2.56 bits per heavy atom. The second-order valence-electron chi connectivity index (χ2n) is 9.77. The van der Waals surface area contributed by atoms with Crippen LogP contribution in [0.2, 0.25) is 0 Å². The molecule has 2 aliphatic heterocycles. The summed E-state index contributed by atoms with van der Waals surface area (Å²) in [4.78, 5) is 33.5. The van der Waals surface area contributed by atoms with E-state index in [9.17, 15) is 18.4 Å². The molecule has 0 radical (unpaired) electrons. The normalized spacial score (nSPS) is 28.5. The van der Waals surface area contributed by atoms with E-state index in [4.69, 9.17) is 4.74 Å². The number of halogens is 3. The lowest BCUT2D eigenvalue weighted by Gasteiger charge is -2.34. The summed E-state index contributed by atoms with van der Waals surface area (Å²) in [6.07, 6.45) is 5.57. The van der Waals surface area contributed by atoms with Crippen molar-refractivity contribution in [2.24, 2.45) is 0 Å². The number of cyclic esters (lactones) is 1. The Hall–Kier alpha value is -2.78. The van der Waals surface area contributed by atoms with Crippen molar-refractivity contribution in [1.82, 2.24) is 20.1 Å². The van der Waals surface area contributed by atoms with Crippen molar-refractivity contribution in [1.29, 1.82) is 0 Å². The molecule has 2 aromatic rings. The second-order valence-corrected chi connectivity index (χ2v) is 9.77. The summed E-state index contributed by atoms with van der Waals surface area (Å²) in [5.41, 5.74) is 1.48. The highest BCUT2D eigenvalue weighted by Gasteiger charge is 2.45. The number of aromatic nitrogens is 1. The van der Waals surface area contributed by atoms with Crippen molar-refractivity contribution >= 4 is 24.5 Å². The van der Waals surface area contributed by atoms with Gasteiger partial charge in [0.1, 0.15) is 12.1 Å². The molecule has 194 valence electrons. The highest BCUT2D eigenvalue weighted by molar-refractivity contribution is 5.93. The third kappa shape index (κ3) is 5.32. The summed E-state index contributed by atoms with van der Waals surface area (Å²) < 4.78 is 32.5. The molecular formula is C26H31ClF2N4O3. The average molecular weight is 521 g/mol. The molecule has 1 N–H and O–H groups in total. The van der Waals surface area contributed by atoms with E-state index in [1.165, 1.54) is 11.8 Å². The Morgan fingerprint density at radius 1 is 1.08 bits per heavy atom. The van der Waals surface area contributed by atoms with Gasteiger partial charge >= 0.3 is 12.1 Å². The molecule has 0 bridgehead atoms. The molecule has 5 rings (SSSR count). The smallest absolute Gasteiger partial charge is 0.419 e. The quantitative estimate of drug-likeness (QED) is 0.601. The van der Waals surface area contributed by atoms with Gasteiger partial charge in [-0.1, -0.05) is 12.1 Å². The Bertz CT molecular complexity index is 1080. The van der Waals surface area contributed by atoms with E-state index in [1.54, 1.807) is 6.92 Å². The third-order valence-electron chi connectivity index (χ3n) is 7.58. The summed E-state index contributed by atoms with van der Waals surface area (Å²) in [5.74, 6) is -1.51. The van der Waals surface area contributed by atoms with Crippen LogP contribution in [0.15, 0.2) is 42.6 Å². The topological polar surface area (TPSA) is 74.8 Å². The first-order valence-corrected chi connectivity index (χ1v) is 12.3.